The summed E-state index contributed by atoms with van der Waals surface area (Å²) < 4.78 is 0. The zero-order chi connectivity index (χ0) is 14.8. The van der Waals surface area contributed by atoms with Gasteiger partial charge in [0.1, 0.15) is 0 Å². The zero-order valence-corrected chi connectivity index (χ0v) is 12.7. The molecule has 0 fully saturated rings. The summed E-state index contributed by atoms with van der Waals surface area (Å²) in [7, 11) is 0. The van der Waals surface area contributed by atoms with Crippen molar-refractivity contribution in [3.8, 4) is 0 Å². The highest BCUT2D eigenvalue weighted by molar-refractivity contribution is 5.04. The van der Waals surface area contributed by atoms with E-state index in [0.717, 1.165) is 50.5 Å². The molecule has 0 amide bonds. The van der Waals surface area contributed by atoms with Gasteiger partial charge in [-0.05, 0) is 37.2 Å². The van der Waals surface area contributed by atoms with E-state index in [2.05, 4.69) is 33.2 Å². The molecule has 21 heavy (non-hydrogen) atoms. The van der Waals surface area contributed by atoms with Gasteiger partial charge in [0.15, 0.2) is 0 Å². The number of pyridine rings is 2. The van der Waals surface area contributed by atoms with Crippen LogP contribution in [-0.2, 0) is 13.1 Å². The summed E-state index contributed by atoms with van der Waals surface area (Å²) in [6.45, 7) is 7.04. The predicted octanol–water partition coefficient (Wildman–Crippen LogP) is 2.48. The Morgan fingerprint density at radius 3 is 2.29 bits per heavy atom. The molecule has 112 valence electrons. The van der Waals surface area contributed by atoms with E-state index in [1.54, 1.807) is 0 Å². The van der Waals surface area contributed by atoms with Gasteiger partial charge in [-0.25, -0.2) is 0 Å². The van der Waals surface area contributed by atoms with Crippen molar-refractivity contribution in [2.45, 2.75) is 26.4 Å². The molecule has 0 spiro atoms. The van der Waals surface area contributed by atoms with Gasteiger partial charge in [-0.2, -0.15) is 0 Å². The number of aromatic nitrogens is 2. The summed E-state index contributed by atoms with van der Waals surface area (Å²) in [5.41, 5.74) is 2.22. The van der Waals surface area contributed by atoms with Crippen molar-refractivity contribution < 1.29 is 0 Å². The quantitative estimate of drug-likeness (QED) is 0.718. The van der Waals surface area contributed by atoms with E-state index in [9.17, 15) is 0 Å². The maximum atomic E-state index is 4.40. The SMILES string of the molecule is CCCN(CCNCc1ccccn1)Cc1ccccn1. The first kappa shape index (κ1) is 15.6. The molecule has 1 N–H and O–H groups in total. The lowest BCUT2D eigenvalue weighted by Crippen LogP contribution is -2.32. The number of hydrogen-bond donors (Lipinski definition) is 1. The summed E-state index contributed by atoms with van der Waals surface area (Å²) >= 11 is 0. The van der Waals surface area contributed by atoms with E-state index in [-0.39, 0.29) is 0 Å². The minimum atomic E-state index is 0.824. The maximum Gasteiger partial charge on any atom is 0.0543 e. The molecule has 2 aromatic rings. The molecule has 4 nitrogen and oxygen atoms in total. The molecular formula is C17H24N4. The van der Waals surface area contributed by atoms with Crippen LogP contribution in [0.3, 0.4) is 0 Å². The van der Waals surface area contributed by atoms with Gasteiger partial charge in [0.2, 0.25) is 0 Å². The third-order valence-corrected chi connectivity index (χ3v) is 3.29. The molecule has 0 aliphatic rings. The maximum absolute atomic E-state index is 4.40. The molecule has 0 bridgehead atoms. The van der Waals surface area contributed by atoms with Crippen LogP contribution in [0.1, 0.15) is 24.7 Å². The number of hydrogen-bond acceptors (Lipinski definition) is 4. The first-order chi connectivity index (χ1) is 10.4. The first-order valence-electron chi connectivity index (χ1n) is 7.61. The van der Waals surface area contributed by atoms with Crippen LogP contribution < -0.4 is 5.32 Å². The smallest absolute Gasteiger partial charge is 0.0543 e. The summed E-state index contributed by atoms with van der Waals surface area (Å²) in [5.74, 6) is 0. The molecule has 0 radical (unpaired) electrons. The van der Waals surface area contributed by atoms with Gasteiger partial charge < -0.3 is 5.32 Å². The van der Waals surface area contributed by atoms with Gasteiger partial charge in [-0.3, -0.25) is 14.9 Å². The van der Waals surface area contributed by atoms with Crippen molar-refractivity contribution in [3.05, 3.63) is 60.2 Å². The minimum Gasteiger partial charge on any atom is -0.310 e. The highest BCUT2D eigenvalue weighted by Gasteiger charge is 2.05. The third-order valence-electron chi connectivity index (χ3n) is 3.29. The highest BCUT2D eigenvalue weighted by Crippen LogP contribution is 2.01. The van der Waals surface area contributed by atoms with Crippen LogP contribution in [0.5, 0.6) is 0 Å². The Balaban J connectivity index is 1.72. The zero-order valence-electron chi connectivity index (χ0n) is 12.7. The number of nitrogens with one attached hydrogen (secondary N) is 1. The van der Waals surface area contributed by atoms with Crippen molar-refractivity contribution in [3.63, 3.8) is 0 Å². The van der Waals surface area contributed by atoms with E-state index in [1.807, 2.05) is 42.7 Å². The van der Waals surface area contributed by atoms with E-state index in [0.29, 0.717) is 0 Å². The highest BCUT2D eigenvalue weighted by atomic mass is 15.1. The molecule has 0 saturated heterocycles. The van der Waals surface area contributed by atoms with Crippen LogP contribution in [0.4, 0.5) is 0 Å². The predicted molar refractivity (Wildman–Crippen MR) is 85.7 cm³/mol. The fraction of sp³-hybridized carbons (Fsp3) is 0.412. The summed E-state index contributed by atoms with van der Waals surface area (Å²) in [4.78, 5) is 11.2. The first-order valence-corrected chi connectivity index (χ1v) is 7.61. The Labute approximate surface area is 127 Å². The van der Waals surface area contributed by atoms with Gasteiger partial charge in [0, 0.05) is 38.6 Å². The second-order valence-electron chi connectivity index (χ2n) is 5.10. The van der Waals surface area contributed by atoms with Crippen LogP contribution in [0.2, 0.25) is 0 Å². The van der Waals surface area contributed by atoms with E-state index in [4.69, 9.17) is 0 Å². The molecule has 4 heteroatoms. The second kappa shape index (κ2) is 9.21. The molecule has 0 saturated carbocycles. The Hall–Kier alpha value is -1.78. The van der Waals surface area contributed by atoms with Crippen LogP contribution in [-0.4, -0.2) is 34.5 Å². The minimum absolute atomic E-state index is 0.824. The molecule has 2 aromatic heterocycles. The average Bonchev–Trinajstić information content (AvgIpc) is 2.54. The number of nitrogens with zero attached hydrogens (tertiary/aromatic N) is 3. The normalized spacial score (nSPS) is 11.0. The van der Waals surface area contributed by atoms with E-state index < -0.39 is 0 Å². The van der Waals surface area contributed by atoms with Crippen molar-refractivity contribution >= 4 is 0 Å². The lowest BCUT2D eigenvalue weighted by molar-refractivity contribution is 0.262. The van der Waals surface area contributed by atoms with Gasteiger partial charge in [0.25, 0.3) is 0 Å². The van der Waals surface area contributed by atoms with Crippen molar-refractivity contribution in [2.75, 3.05) is 19.6 Å². The third kappa shape index (κ3) is 6.02. The van der Waals surface area contributed by atoms with Crippen molar-refractivity contribution in [1.29, 1.82) is 0 Å². The fourth-order valence-electron chi connectivity index (χ4n) is 2.26. The Bertz CT molecular complexity index is 487. The molecule has 2 rings (SSSR count). The van der Waals surface area contributed by atoms with Crippen LogP contribution in [0, 0.1) is 0 Å². The molecule has 0 aliphatic heterocycles. The Morgan fingerprint density at radius 2 is 1.67 bits per heavy atom. The molecular weight excluding hydrogens is 260 g/mol. The second-order valence-corrected chi connectivity index (χ2v) is 5.10. The fourth-order valence-corrected chi connectivity index (χ4v) is 2.26. The summed E-state index contributed by atoms with van der Waals surface area (Å²) in [6, 6.07) is 12.1. The standard InChI is InChI=1S/C17H24N4/c1-2-12-21(15-17-8-4-6-10-20-17)13-11-18-14-16-7-3-5-9-19-16/h3-10,18H,2,11-15H2,1H3. The van der Waals surface area contributed by atoms with Crippen molar-refractivity contribution in [2.24, 2.45) is 0 Å². The van der Waals surface area contributed by atoms with Crippen LogP contribution in [0.15, 0.2) is 48.8 Å². The molecule has 0 unspecified atom stereocenters. The monoisotopic (exact) mass is 284 g/mol. The van der Waals surface area contributed by atoms with E-state index in [1.165, 1.54) is 0 Å². The molecule has 0 aliphatic carbocycles. The summed E-state index contributed by atoms with van der Waals surface area (Å²) in [6.07, 6.45) is 4.85. The molecule has 0 atom stereocenters. The lowest BCUT2D eigenvalue weighted by Gasteiger charge is -2.21. The summed E-state index contributed by atoms with van der Waals surface area (Å²) in [5, 5.41) is 3.45. The lowest BCUT2D eigenvalue weighted by atomic mass is 10.3. The van der Waals surface area contributed by atoms with Gasteiger partial charge >= 0.3 is 0 Å². The van der Waals surface area contributed by atoms with Crippen LogP contribution in [0.25, 0.3) is 0 Å². The topological polar surface area (TPSA) is 41.0 Å². The van der Waals surface area contributed by atoms with Crippen molar-refractivity contribution in [1.82, 2.24) is 20.2 Å². The van der Waals surface area contributed by atoms with E-state index >= 15 is 0 Å². The van der Waals surface area contributed by atoms with Gasteiger partial charge in [-0.1, -0.05) is 19.1 Å². The largest absolute Gasteiger partial charge is 0.310 e. The Morgan fingerprint density at radius 1 is 0.952 bits per heavy atom. The molecule has 0 aromatic carbocycles. The Kier molecular flexibility index (Phi) is 6.84. The van der Waals surface area contributed by atoms with Gasteiger partial charge in [0.05, 0.1) is 11.4 Å². The number of rotatable bonds is 9. The molecule has 2 heterocycles. The average molecular weight is 284 g/mol. The van der Waals surface area contributed by atoms with Crippen LogP contribution >= 0.6 is 0 Å². The van der Waals surface area contributed by atoms with Gasteiger partial charge in [-0.15, -0.1) is 0 Å².